The first-order chi connectivity index (χ1) is 9.12. The molecule has 0 heterocycles. The van der Waals surface area contributed by atoms with E-state index in [4.69, 9.17) is 4.74 Å². The van der Waals surface area contributed by atoms with Gasteiger partial charge in [-0.2, -0.15) is 0 Å². The van der Waals surface area contributed by atoms with Crippen LogP contribution in [-0.2, 0) is 4.79 Å². The second kappa shape index (κ2) is 6.59. The topological polar surface area (TPSA) is 58.6 Å². The molecule has 0 saturated carbocycles. The molecular formula is C15H22BrNO3. The van der Waals surface area contributed by atoms with Crippen LogP contribution in [0, 0.1) is 0 Å². The van der Waals surface area contributed by atoms with E-state index in [1.807, 2.05) is 24.3 Å². The number of rotatable bonds is 6. The SMILES string of the molecule is CC(C)(O)C(C)(C)NC(=O)CCOc1ccc(Br)cc1. The van der Waals surface area contributed by atoms with Gasteiger partial charge < -0.3 is 15.2 Å². The van der Waals surface area contributed by atoms with Gasteiger partial charge in [-0.15, -0.1) is 0 Å². The highest BCUT2D eigenvalue weighted by molar-refractivity contribution is 9.10. The lowest BCUT2D eigenvalue weighted by atomic mass is 9.86. The van der Waals surface area contributed by atoms with E-state index in [-0.39, 0.29) is 12.3 Å². The summed E-state index contributed by atoms with van der Waals surface area (Å²) in [5.74, 6) is 0.581. The summed E-state index contributed by atoms with van der Waals surface area (Å²) in [6.45, 7) is 7.23. The number of ether oxygens (including phenoxy) is 1. The first-order valence-electron chi connectivity index (χ1n) is 6.53. The Balaban J connectivity index is 2.39. The van der Waals surface area contributed by atoms with Gasteiger partial charge in [0.05, 0.1) is 24.2 Å². The molecule has 20 heavy (non-hydrogen) atoms. The summed E-state index contributed by atoms with van der Waals surface area (Å²) in [5.41, 5.74) is -1.68. The molecular weight excluding hydrogens is 322 g/mol. The van der Waals surface area contributed by atoms with Gasteiger partial charge >= 0.3 is 0 Å². The molecule has 0 aliphatic rings. The largest absolute Gasteiger partial charge is 0.493 e. The number of halogens is 1. The van der Waals surface area contributed by atoms with Crippen molar-refractivity contribution in [2.45, 2.75) is 45.3 Å². The van der Waals surface area contributed by atoms with Gasteiger partial charge in [-0.3, -0.25) is 4.79 Å². The molecule has 1 aromatic rings. The molecule has 1 rings (SSSR count). The van der Waals surface area contributed by atoms with Crippen LogP contribution in [-0.4, -0.2) is 28.8 Å². The van der Waals surface area contributed by atoms with E-state index >= 15 is 0 Å². The maximum absolute atomic E-state index is 11.8. The van der Waals surface area contributed by atoms with E-state index in [2.05, 4.69) is 21.2 Å². The Kier molecular flexibility index (Phi) is 5.59. The summed E-state index contributed by atoms with van der Waals surface area (Å²) in [6.07, 6.45) is 0.246. The summed E-state index contributed by atoms with van der Waals surface area (Å²) in [5, 5.41) is 12.8. The number of hydrogen-bond donors (Lipinski definition) is 2. The van der Waals surface area contributed by atoms with Crippen LogP contribution in [0.1, 0.15) is 34.1 Å². The van der Waals surface area contributed by atoms with Gasteiger partial charge in [0.15, 0.2) is 0 Å². The fourth-order valence-electron chi connectivity index (χ4n) is 1.36. The van der Waals surface area contributed by atoms with Crippen LogP contribution in [0.4, 0.5) is 0 Å². The Morgan fingerprint density at radius 2 is 1.80 bits per heavy atom. The smallest absolute Gasteiger partial charge is 0.223 e. The maximum Gasteiger partial charge on any atom is 0.223 e. The van der Waals surface area contributed by atoms with Crippen molar-refractivity contribution < 1.29 is 14.6 Å². The Morgan fingerprint density at radius 1 is 1.25 bits per heavy atom. The number of hydrogen-bond acceptors (Lipinski definition) is 3. The molecule has 0 aromatic heterocycles. The molecule has 0 atom stereocenters. The fourth-order valence-corrected chi connectivity index (χ4v) is 1.62. The molecule has 112 valence electrons. The molecule has 5 heteroatoms. The Labute approximate surface area is 128 Å². The van der Waals surface area contributed by atoms with E-state index in [9.17, 15) is 9.90 Å². The molecule has 0 unspecified atom stereocenters. The number of aliphatic hydroxyl groups is 1. The predicted molar refractivity (Wildman–Crippen MR) is 82.8 cm³/mol. The minimum Gasteiger partial charge on any atom is -0.493 e. The number of amides is 1. The zero-order valence-electron chi connectivity index (χ0n) is 12.4. The van der Waals surface area contributed by atoms with Gasteiger partial charge in [0.25, 0.3) is 0 Å². The third-order valence-electron chi connectivity index (χ3n) is 3.39. The van der Waals surface area contributed by atoms with Crippen molar-refractivity contribution in [1.29, 1.82) is 0 Å². The summed E-state index contributed by atoms with van der Waals surface area (Å²) >= 11 is 3.35. The van der Waals surface area contributed by atoms with Crippen molar-refractivity contribution in [3.05, 3.63) is 28.7 Å². The van der Waals surface area contributed by atoms with Crippen LogP contribution in [0.5, 0.6) is 5.75 Å². The molecule has 0 radical (unpaired) electrons. The first kappa shape index (κ1) is 17.0. The van der Waals surface area contributed by atoms with Gasteiger partial charge in [0.1, 0.15) is 5.75 Å². The van der Waals surface area contributed by atoms with E-state index in [1.165, 1.54) is 0 Å². The zero-order valence-corrected chi connectivity index (χ0v) is 14.0. The van der Waals surface area contributed by atoms with Gasteiger partial charge in [-0.25, -0.2) is 0 Å². The molecule has 1 amide bonds. The van der Waals surface area contributed by atoms with Gasteiger partial charge in [-0.1, -0.05) is 15.9 Å². The minimum atomic E-state index is -0.991. The molecule has 0 aliphatic carbocycles. The second-order valence-corrected chi connectivity index (χ2v) is 6.70. The third-order valence-corrected chi connectivity index (χ3v) is 3.92. The molecule has 0 bridgehead atoms. The van der Waals surface area contributed by atoms with Crippen LogP contribution in [0.2, 0.25) is 0 Å². The average Bonchev–Trinajstić information content (AvgIpc) is 2.29. The third kappa shape index (κ3) is 5.13. The van der Waals surface area contributed by atoms with Crippen molar-refractivity contribution in [3.8, 4) is 5.75 Å². The van der Waals surface area contributed by atoms with Crippen LogP contribution >= 0.6 is 15.9 Å². The molecule has 0 fully saturated rings. The van der Waals surface area contributed by atoms with E-state index in [1.54, 1.807) is 27.7 Å². The number of nitrogens with one attached hydrogen (secondary N) is 1. The zero-order chi connectivity index (χ0) is 15.4. The second-order valence-electron chi connectivity index (χ2n) is 5.78. The van der Waals surface area contributed by atoms with Gasteiger partial charge in [0, 0.05) is 4.47 Å². The monoisotopic (exact) mass is 343 g/mol. The number of carbonyl (C=O) groups excluding carboxylic acids is 1. The van der Waals surface area contributed by atoms with Crippen molar-refractivity contribution >= 4 is 21.8 Å². The fraction of sp³-hybridized carbons (Fsp3) is 0.533. The summed E-state index contributed by atoms with van der Waals surface area (Å²) < 4.78 is 6.47. The van der Waals surface area contributed by atoms with Crippen molar-refractivity contribution in [3.63, 3.8) is 0 Å². The molecule has 1 aromatic carbocycles. The normalized spacial score (nSPS) is 12.1. The van der Waals surface area contributed by atoms with E-state index in [0.29, 0.717) is 6.61 Å². The highest BCUT2D eigenvalue weighted by atomic mass is 79.9. The summed E-state index contributed by atoms with van der Waals surface area (Å²) in [7, 11) is 0. The van der Waals surface area contributed by atoms with Gasteiger partial charge in [-0.05, 0) is 52.0 Å². The van der Waals surface area contributed by atoms with Crippen molar-refractivity contribution in [1.82, 2.24) is 5.32 Å². The van der Waals surface area contributed by atoms with Crippen molar-refractivity contribution in [2.75, 3.05) is 6.61 Å². The van der Waals surface area contributed by atoms with Gasteiger partial charge in [0.2, 0.25) is 5.91 Å². The highest BCUT2D eigenvalue weighted by Crippen LogP contribution is 2.20. The van der Waals surface area contributed by atoms with Crippen molar-refractivity contribution in [2.24, 2.45) is 0 Å². The standard InChI is InChI=1S/C15H22BrNO3/c1-14(2,15(3,4)19)17-13(18)9-10-20-12-7-5-11(16)6-8-12/h5-8,19H,9-10H2,1-4H3,(H,17,18). The summed E-state index contributed by atoms with van der Waals surface area (Å²) in [6, 6.07) is 7.44. The number of carbonyl (C=O) groups is 1. The van der Waals surface area contributed by atoms with Crippen LogP contribution in [0.15, 0.2) is 28.7 Å². The van der Waals surface area contributed by atoms with Crippen LogP contribution in [0.3, 0.4) is 0 Å². The Hall–Kier alpha value is -1.07. The Morgan fingerprint density at radius 3 is 2.30 bits per heavy atom. The summed E-state index contributed by atoms with van der Waals surface area (Å²) in [4.78, 5) is 11.8. The minimum absolute atomic E-state index is 0.144. The van der Waals surface area contributed by atoms with E-state index in [0.717, 1.165) is 10.2 Å². The number of benzene rings is 1. The lowest BCUT2D eigenvalue weighted by Gasteiger charge is -2.38. The molecule has 0 aliphatic heterocycles. The average molecular weight is 344 g/mol. The lowest BCUT2D eigenvalue weighted by Crippen LogP contribution is -2.57. The van der Waals surface area contributed by atoms with Crippen LogP contribution in [0.25, 0.3) is 0 Å². The van der Waals surface area contributed by atoms with Crippen LogP contribution < -0.4 is 10.1 Å². The molecule has 0 spiro atoms. The molecule has 4 nitrogen and oxygen atoms in total. The Bertz CT molecular complexity index is 449. The predicted octanol–water partition coefficient (Wildman–Crippen LogP) is 2.88. The lowest BCUT2D eigenvalue weighted by molar-refractivity contribution is -0.126. The highest BCUT2D eigenvalue weighted by Gasteiger charge is 2.36. The molecule has 0 saturated heterocycles. The maximum atomic E-state index is 11.8. The molecule has 2 N–H and O–H groups in total. The first-order valence-corrected chi connectivity index (χ1v) is 7.33. The quantitative estimate of drug-likeness (QED) is 0.834. The van der Waals surface area contributed by atoms with E-state index < -0.39 is 11.1 Å².